The fraction of sp³-hybridized carbons (Fsp3) is 0.423. The molecule has 6 nitrogen and oxygen atoms in total. The fourth-order valence-corrected chi connectivity index (χ4v) is 4.40. The Morgan fingerprint density at radius 3 is 2.31 bits per heavy atom. The normalized spacial score (nSPS) is 14.2. The molecule has 3 rings (SSSR count). The van der Waals surface area contributed by atoms with Crippen LogP contribution in [0.25, 0.3) is 0 Å². The molecule has 186 valence electrons. The Bertz CT molecular complexity index is 1130. The lowest BCUT2D eigenvalue weighted by Crippen LogP contribution is -2.48. The zero-order valence-electron chi connectivity index (χ0n) is 20.0. The molecule has 0 radical (unpaired) electrons. The fourth-order valence-electron chi connectivity index (χ4n) is 4.40. The molecule has 0 N–H and O–H groups in total. The van der Waals surface area contributed by atoms with E-state index in [0.29, 0.717) is 29.7 Å². The minimum absolute atomic E-state index is 0.0972. The van der Waals surface area contributed by atoms with E-state index < -0.39 is 29.3 Å². The maximum absolute atomic E-state index is 13.7. The van der Waals surface area contributed by atoms with E-state index in [2.05, 4.69) is 0 Å². The van der Waals surface area contributed by atoms with Crippen molar-refractivity contribution in [3.8, 4) is 6.07 Å². The Kier molecular flexibility index (Phi) is 8.05. The van der Waals surface area contributed by atoms with Crippen molar-refractivity contribution in [2.24, 2.45) is 0 Å². The number of carbonyl (C=O) groups is 2. The van der Waals surface area contributed by atoms with E-state index in [1.54, 1.807) is 45.2 Å². The van der Waals surface area contributed by atoms with Crippen molar-refractivity contribution >= 4 is 23.4 Å². The van der Waals surface area contributed by atoms with Crippen molar-refractivity contribution in [1.29, 1.82) is 5.26 Å². The first-order valence-electron chi connectivity index (χ1n) is 11.5. The number of alkyl halides is 3. The van der Waals surface area contributed by atoms with E-state index in [0.717, 1.165) is 31.4 Å². The zero-order chi connectivity index (χ0) is 25.8. The molecule has 2 aromatic rings. The predicted molar refractivity (Wildman–Crippen MR) is 126 cm³/mol. The topological polar surface area (TPSA) is 73.6 Å². The number of halogens is 3. The van der Waals surface area contributed by atoms with Gasteiger partial charge in [-0.2, -0.15) is 18.4 Å². The van der Waals surface area contributed by atoms with E-state index in [9.17, 15) is 22.8 Å². The molecule has 1 saturated carbocycles. The third-order valence-electron chi connectivity index (χ3n) is 6.23. The lowest BCUT2D eigenvalue weighted by Gasteiger charge is -2.37. The molecule has 0 heterocycles. The van der Waals surface area contributed by atoms with Crippen LogP contribution in [0, 0.1) is 18.3 Å². The maximum Gasteiger partial charge on any atom is 0.417 e. The highest BCUT2D eigenvalue weighted by Gasteiger charge is 2.36. The molecule has 0 unspecified atom stereocenters. The number of nitrogens with zero attached hydrogens (tertiary/aromatic N) is 3. The van der Waals surface area contributed by atoms with Crippen molar-refractivity contribution in [1.82, 2.24) is 0 Å². The van der Waals surface area contributed by atoms with Gasteiger partial charge in [-0.1, -0.05) is 19.3 Å². The Labute approximate surface area is 202 Å². The highest BCUT2D eigenvalue weighted by molar-refractivity contribution is 6.04. The summed E-state index contributed by atoms with van der Waals surface area (Å²) in [5, 5.41) is 9.16. The molecule has 0 aromatic heterocycles. The van der Waals surface area contributed by atoms with E-state index >= 15 is 0 Å². The Hall–Kier alpha value is -3.54. The summed E-state index contributed by atoms with van der Waals surface area (Å²) in [4.78, 5) is 28.6. The first-order chi connectivity index (χ1) is 16.6. The molecular formula is C26H28F3N3O3. The molecule has 1 aliphatic rings. The summed E-state index contributed by atoms with van der Waals surface area (Å²) in [7, 11) is 1.55. The number of aryl methyl sites for hydroxylation is 1. The molecule has 0 aliphatic heterocycles. The van der Waals surface area contributed by atoms with Crippen molar-refractivity contribution in [3.05, 3.63) is 58.7 Å². The van der Waals surface area contributed by atoms with Crippen molar-refractivity contribution < 1.29 is 27.5 Å². The van der Waals surface area contributed by atoms with Crippen LogP contribution in [-0.2, 0) is 10.9 Å². The van der Waals surface area contributed by atoms with Gasteiger partial charge in [-0.3, -0.25) is 9.80 Å². The summed E-state index contributed by atoms with van der Waals surface area (Å²) in [6.07, 6.45) is -0.649. The van der Waals surface area contributed by atoms with Crippen molar-refractivity contribution in [2.45, 2.75) is 58.2 Å². The summed E-state index contributed by atoms with van der Waals surface area (Å²) in [6, 6.07) is 9.06. The average molecular weight is 488 g/mol. The van der Waals surface area contributed by atoms with Crippen molar-refractivity contribution in [3.63, 3.8) is 0 Å². The number of hydrogen-bond acceptors (Lipinski definition) is 4. The molecule has 1 fully saturated rings. The Balaban J connectivity index is 2.01. The van der Waals surface area contributed by atoms with E-state index in [1.807, 2.05) is 0 Å². The minimum atomic E-state index is -4.73. The Morgan fingerprint density at radius 1 is 1.09 bits per heavy atom. The summed E-state index contributed by atoms with van der Waals surface area (Å²) in [6.45, 7) is 3.67. The molecular weight excluding hydrogens is 459 g/mol. The number of ether oxygens (including phenoxy) is 1. The molecule has 0 bridgehead atoms. The van der Waals surface area contributed by atoms with Gasteiger partial charge in [0.1, 0.15) is 0 Å². The van der Waals surface area contributed by atoms with Gasteiger partial charge in [0.15, 0.2) is 0 Å². The van der Waals surface area contributed by atoms with Crippen LogP contribution in [0.5, 0.6) is 0 Å². The number of benzene rings is 2. The van der Waals surface area contributed by atoms with Gasteiger partial charge in [0, 0.05) is 24.5 Å². The quantitative estimate of drug-likeness (QED) is 0.454. The summed E-state index contributed by atoms with van der Waals surface area (Å²) < 4.78 is 46.0. The van der Waals surface area contributed by atoms with Gasteiger partial charge < -0.3 is 4.74 Å². The van der Waals surface area contributed by atoms with Crippen LogP contribution in [0.2, 0.25) is 0 Å². The number of rotatable bonds is 5. The van der Waals surface area contributed by atoms with Crippen molar-refractivity contribution in [2.75, 3.05) is 23.5 Å². The molecule has 9 heteroatoms. The van der Waals surface area contributed by atoms with Crippen LogP contribution >= 0.6 is 0 Å². The maximum atomic E-state index is 13.7. The molecule has 0 atom stereocenters. The van der Waals surface area contributed by atoms with Crippen LogP contribution in [-0.4, -0.2) is 31.7 Å². The molecule has 0 spiro atoms. The van der Waals surface area contributed by atoms with Crippen LogP contribution in [0.3, 0.4) is 0 Å². The zero-order valence-corrected chi connectivity index (χ0v) is 20.0. The summed E-state index contributed by atoms with van der Waals surface area (Å²) in [5.41, 5.74) is 0.0234. The van der Waals surface area contributed by atoms with Gasteiger partial charge in [0.25, 0.3) is 0 Å². The van der Waals surface area contributed by atoms with Gasteiger partial charge in [0.2, 0.25) is 0 Å². The Morgan fingerprint density at radius 2 is 1.74 bits per heavy atom. The van der Waals surface area contributed by atoms with Gasteiger partial charge in [0.05, 0.1) is 29.4 Å². The third-order valence-corrected chi connectivity index (χ3v) is 6.23. The standard InChI is InChI=1S/C26H28F3N3O3/c1-4-35-24(33)22-13-12-20(14-17(22)2)31(3)25(34)32(19-8-6-5-7-9-19)21-11-10-18(16-30)23(15-21)26(27,28)29/h10-15,19H,4-9H2,1-3H3. The second-order valence-electron chi connectivity index (χ2n) is 8.56. The summed E-state index contributed by atoms with van der Waals surface area (Å²) in [5.74, 6) is -0.466. The largest absolute Gasteiger partial charge is 0.462 e. The first-order valence-corrected chi connectivity index (χ1v) is 11.5. The predicted octanol–water partition coefficient (Wildman–Crippen LogP) is 6.46. The molecule has 35 heavy (non-hydrogen) atoms. The van der Waals surface area contributed by atoms with Gasteiger partial charge in [-0.15, -0.1) is 0 Å². The first kappa shape index (κ1) is 26.1. The SMILES string of the molecule is CCOC(=O)c1ccc(N(C)C(=O)N(c2ccc(C#N)c(C(F)(F)F)c2)C2CCCCC2)cc1C. The number of nitriles is 1. The second-order valence-corrected chi connectivity index (χ2v) is 8.56. The molecule has 0 saturated heterocycles. The highest BCUT2D eigenvalue weighted by atomic mass is 19.4. The van der Waals surface area contributed by atoms with Crippen LogP contribution in [0.1, 0.15) is 66.1 Å². The van der Waals surface area contributed by atoms with Gasteiger partial charge in [-0.25, -0.2) is 9.59 Å². The monoisotopic (exact) mass is 487 g/mol. The van der Waals surface area contributed by atoms with Gasteiger partial charge >= 0.3 is 18.2 Å². The lowest BCUT2D eigenvalue weighted by molar-refractivity contribution is -0.137. The number of anilines is 2. The number of hydrogen-bond donors (Lipinski definition) is 0. The van der Waals surface area contributed by atoms with Gasteiger partial charge in [-0.05, 0) is 68.7 Å². The number of esters is 1. The van der Waals surface area contributed by atoms with E-state index in [4.69, 9.17) is 10.00 Å². The third kappa shape index (κ3) is 5.76. The smallest absolute Gasteiger partial charge is 0.417 e. The number of amides is 2. The molecule has 1 aliphatic carbocycles. The lowest BCUT2D eigenvalue weighted by atomic mass is 9.93. The average Bonchev–Trinajstić information content (AvgIpc) is 2.83. The van der Waals surface area contributed by atoms with Crippen LogP contribution < -0.4 is 9.80 Å². The molecule has 2 amide bonds. The number of carbonyl (C=O) groups excluding carboxylic acids is 2. The summed E-state index contributed by atoms with van der Waals surface area (Å²) >= 11 is 0. The second kappa shape index (κ2) is 10.8. The van der Waals surface area contributed by atoms with E-state index in [1.165, 1.54) is 15.9 Å². The number of urea groups is 1. The van der Waals surface area contributed by atoms with Crippen LogP contribution in [0.4, 0.5) is 29.3 Å². The minimum Gasteiger partial charge on any atom is -0.462 e. The van der Waals surface area contributed by atoms with Crippen LogP contribution in [0.15, 0.2) is 36.4 Å². The molecule has 2 aromatic carbocycles. The van der Waals surface area contributed by atoms with E-state index in [-0.39, 0.29) is 18.3 Å². The highest BCUT2D eigenvalue weighted by Crippen LogP contribution is 2.37.